The van der Waals surface area contributed by atoms with E-state index in [9.17, 15) is 4.79 Å². The van der Waals surface area contributed by atoms with Gasteiger partial charge in [-0.25, -0.2) is 4.79 Å². The molecule has 0 aliphatic carbocycles. The Bertz CT molecular complexity index is 690. The molecule has 1 aliphatic heterocycles. The number of nitrogens with zero attached hydrogens (tertiary/aromatic N) is 1. The van der Waals surface area contributed by atoms with E-state index in [1.54, 1.807) is 0 Å². The van der Waals surface area contributed by atoms with Gasteiger partial charge in [-0.2, -0.15) is 0 Å². The molecule has 0 radical (unpaired) electrons. The van der Waals surface area contributed by atoms with E-state index in [0.29, 0.717) is 5.56 Å². The highest BCUT2D eigenvalue weighted by Crippen LogP contribution is 2.28. The zero-order chi connectivity index (χ0) is 14.7. The molecule has 2 aromatic rings. The maximum Gasteiger partial charge on any atom is 0.337 e. The molecule has 1 aliphatic rings. The highest BCUT2D eigenvalue weighted by molar-refractivity contribution is 6.02. The first-order valence-electron chi connectivity index (χ1n) is 7.12. The van der Waals surface area contributed by atoms with Crippen molar-refractivity contribution in [2.45, 2.75) is 19.3 Å². The van der Waals surface area contributed by atoms with Crippen LogP contribution in [0.4, 0.5) is 5.69 Å². The molecule has 0 saturated heterocycles. The second-order valence-electron chi connectivity index (χ2n) is 5.11. The van der Waals surface area contributed by atoms with Crippen LogP contribution in [0, 0.1) is 0 Å². The Kier molecular flexibility index (Phi) is 3.82. The molecule has 0 unspecified atom stereocenters. The summed E-state index contributed by atoms with van der Waals surface area (Å²) in [4.78, 5) is 16.5. The molecule has 0 atom stereocenters. The number of ether oxygens (including phenoxy) is 1. The second kappa shape index (κ2) is 5.92. The molecule has 0 fully saturated rings. The Balaban J connectivity index is 2.04. The highest BCUT2D eigenvalue weighted by atomic mass is 16.5. The van der Waals surface area contributed by atoms with Crippen LogP contribution in [-0.2, 0) is 11.2 Å². The number of hydrogen-bond acceptors (Lipinski definition) is 3. The number of benzene rings is 2. The Morgan fingerprint density at radius 1 is 1.10 bits per heavy atom. The minimum Gasteiger partial charge on any atom is -0.465 e. The lowest BCUT2D eigenvalue weighted by Gasteiger charge is -2.06. The predicted octanol–water partition coefficient (Wildman–Crippen LogP) is 3.93. The number of aliphatic imine (C=N–C) groups is 1. The molecular formula is C18H17NO2. The average Bonchev–Trinajstić information content (AvgIpc) is 2.76. The minimum absolute atomic E-state index is 0.321. The van der Waals surface area contributed by atoms with Gasteiger partial charge in [-0.3, -0.25) is 4.99 Å². The smallest absolute Gasteiger partial charge is 0.337 e. The maximum absolute atomic E-state index is 11.7. The van der Waals surface area contributed by atoms with Crippen molar-refractivity contribution < 1.29 is 9.53 Å². The van der Waals surface area contributed by atoms with E-state index in [4.69, 9.17) is 9.73 Å². The zero-order valence-electron chi connectivity index (χ0n) is 12.0. The molecule has 3 nitrogen and oxygen atoms in total. The number of carbonyl (C=O) groups is 1. The molecule has 0 aromatic heterocycles. The normalized spacial score (nSPS) is 13.9. The molecule has 0 amide bonds. The van der Waals surface area contributed by atoms with E-state index in [1.165, 1.54) is 12.7 Å². The molecule has 106 valence electrons. The number of carbonyl (C=O) groups excluding carboxylic acids is 1. The van der Waals surface area contributed by atoms with Crippen molar-refractivity contribution in [3.05, 3.63) is 65.2 Å². The van der Waals surface area contributed by atoms with Crippen molar-refractivity contribution in [2.75, 3.05) is 7.11 Å². The topological polar surface area (TPSA) is 38.7 Å². The van der Waals surface area contributed by atoms with Crippen LogP contribution in [0.25, 0.3) is 0 Å². The van der Waals surface area contributed by atoms with Gasteiger partial charge in [0.15, 0.2) is 0 Å². The van der Waals surface area contributed by atoms with Crippen LogP contribution in [0.1, 0.15) is 34.3 Å². The van der Waals surface area contributed by atoms with Crippen molar-refractivity contribution in [3.63, 3.8) is 0 Å². The SMILES string of the molecule is COC(=O)c1ccc2c(c1)N=C(c1ccccc1)CCC2. The fourth-order valence-electron chi connectivity index (χ4n) is 2.61. The van der Waals surface area contributed by atoms with Crippen LogP contribution >= 0.6 is 0 Å². The Morgan fingerprint density at radius 3 is 2.67 bits per heavy atom. The van der Waals surface area contributed by atoms with Gasteiger partial charge in [-0.1, -0.05) is 36.4 Å². The van der Waals surface area contributed by atoms with Crippen LogP contribution in [-0.4, -0.2) is 18.8 Å². The van der Waals surface area contributed by atoms with Gasteiger partial charge in [-0.05, 0) is 42.5 Å². The van der Waals surface area contributed by atoms with Crippen molar-refractivity contribution in [1.82, 2.24) is 0 Å². The van der Waals surface area contributed by atoms with Crippen molar-refractivity contribution >= 4 is 17.4 Å². The van der Waals surface area contributed by atoms with Crippen LogP contribution in [0.2, 0.25) is 0 Å². The van der Waals surface area contributed by atoms with E-state index < -0.39 is 0 Å². The first-order valence-corrected chi connectivity index (χ1v) is 7.12. The molecule has 0 N–H and O–H groups in total. The third-order valence-corrected chi connectivity index (χ3v) is 3.73. The standard InChI is InChI=1S/C18H17NO2/c1-21-18(20)15-11-10-14-8-5-9-16(19-17(14)12-15)13-6-3-2-4-7-13/h2-4,6-7,10-12H,5,8-9H2,1H3. The van der Waals surface area contributed by atoms with Crippen molar-refractivity contribution in [3.8, 4) is 0 Å². The fraction of sp³-hybridized carbons (Fsp3) is 0.222. The summed E-state index contributed by atoms with van der Waals surface area (Å²) in [5, 5.41) is 0. The number of aryl methyl sites for hydroxylation is 1. The van der Waals surface area contributed by atoms with Gasteiger partial charge in [0.1, 0.15) is 0 Å². The van der Waals surface area contributed by atoms with Crippen molar-refractivity contribution in [1.29, 1.82) is 0 Å². The van der Waals surface area contributed by atoms with Crippen molar-refractivity contribution in [2.24, 2.45) is 4.99 Å². The first-order chi connectivity index (χ1) is 10.3. The van der Waals surface area contributed by atoms with E-state index in [0.717, 1.165) is 36.2 Å². The fourth-order valence-corrected chi connectivity index (χ4v) is 2.61. The summed E-state index contributed by atoms with van der Waals surface area (Å²) >= 11 is 0. The van der Waals surface area contributed by atoms with Crippen LogP contribution in [0.15, 0.2) is 53.5 Å². The molecule has 1 heterocycles. The van der Waals surface area contributed by atoms with Gasteiger partial charge < -0.3 is 4.74 Å². The summed E-state index contributed by atoms with van der Waals surface area (Å²) in [6.07, 6.45) is 3.00. The molecule has 0 spiro atoms. The number of methoxy groups -OCH3 is 1. The van der Waals surface area contributed by atoms with Gasteiger partial charge in [0.25, 0.3) is 0 Å². The lowest BCUT2D eigenvalue weighted by atomic mass is 10.0. The van der Waals surface area contributed by atoms with Crippen LogP contribution in [0.3, 0.4) is 0 Å². The number of fused-ring (bicyclic) bond motifs is 1. The first kappa shape index (κ1) is 13.6. The third kappa shape index (κ3) is 2.87. The number of esters is 1. The van der Waals surface area contributed by atoms with Gasteiger partial charge in [0.2, 0.25) is 0 Å². The third-order valence-electron chi connectivity index (χ3n) is 3.73. The molecular weight excluding hydrogens is 262 g/mol. The van der Waals surface area contributed by atoms with E-state index in [2.05, 4.69) is 12.1 Å². The van der Waals surface area contributed by atoms with Gasteiger partial charge in [-0.15, -0.1) is 0 Å². The molecule has 21 heavy (non-hydrogen) atoms. The Morgan fingerprint density at radius 2 is 1.90 bits per heavy atom. The van der Waals surface area contributed by atoms with Crippen LogP contribution in [0.5, 0.6) is 0 Å². The monoisotopic (exact) mass is 279 g/mol. The van der Waals surface area contributed by atoms with E-state index >= 15 is 0 Å². The summed E-state index contributed by atoms with van der Waals surface area (Å²) in [5.74, 6) is -0.321. The molecule has 0 bridgehead atoms. The quantitative estimate of drug-likeness (QED) is 0.781. The number of hydrogen-bond donors (Lipinski definition) is 0. The van der Waals surface area contributed by atoms with E-state index in [-0.39, 0.29) is 5.97 Å². The molecule has 2 aromatic carbocycles. The Hall–Kier alpha value is -2.42. The van der Waals surface area contributed by atoms with Gasteiger partial charge >= 0.3 is 5.97 Å². The summed E-state index contributed by atoms with van der Waals surface area (Å²) < 4.78 is 4.78. The maximum atomic E-state index is 11.7. The second-order valence-corrected chi connectivity index (χ2v) is 5.11. The largest absolute Gasteiger partial charge is 0.465 e. The van der Waals surface area contributed by atoms with Crippen LogP contribution < -0.4 is 0 Å². The molecule has 0 saturated carbocycles. The minimum atomic E-state index is -0.321. The van der Waals surface area contributed by atoms with Gasteiger partial charge in [0, 0.05) is 5.71 Å². The summed E-state index contributed by atoms with van der Waals surface area (Å²) in [5.41, 5.74) is 4.85. The summed E-state index contributed by atoms with van der Waals surface area (Å²) in [7, 11) is 1.40. The summed E-state index contributed by atoms with van der Waals surface area (Å²) in [6.45, 7) is 0. The predicted molar refractivity (Wildman–Crippen MR) is 83.4 cm³/mol. The zero-order valence-corrected chi connectivity index (χ0v) is 12.0. The van der Waals surface area contributed by atoms with Gasteiger partial charge in [0.05, 0.1) is 18.4 Å². The van der Waals surface area contributed by atoms with E-state index in [1.807, 2.05) is 36.4 Å². The summed E-state index contributed by atoms with van der Waals surface area (Å²) in [6, 6.07) is 15.8. The highest BCUT2D eigenvalue weighted by Gasteiger charge is 2.14. The average molecular weight is 279 g/mol. The lowest BCUT2D eigenvalue weighted by Crippen LogP contribution is -2.01. The Labute approximate surface area is 124 Å². The number of rotatable bonds is 2. The lowest BCUT2D eigenvalue weighted by molar-refractivity contribution is 0.0601. The molecule has 3 rings (SSSR count). The molecule has 3 heteroatoms.